The molecule has 4 nitrogen and oxygen atoms in total. The maximum atomic E-state index is 12.5. The highest BCUT2D eigenvalue weighted by Gasteiger charge is 2.17. The molecule has 0 heterocycles. The van der Waals surface area contributed by atoms with E-state index in [0.717, 1.165) is 16.8 Å². The van der Waals surface area contributed by atoms with Crippen molar-refractivity contribution in [3.05, 3.63) is 88.9 Å². The van der Waals surface area contributed by atoms with Crippen LogP contribution in [0.1, 0.15) is 11.1 Å². The third-order valence-electron chi connectivity index (χ3n) is 3.87. The van der Waals surface area contributed by atoms with Crippen LogP contribution in [0.15, 0.2) is 77.7 Å². The molecule has 0 atom stereocenters. The van der Waals surface area contributed by atoms with E-state index >= 15 is 0 Å². The normalized spacial score (nSPS) is 11.2. The summed E-state index contributed by atoms with van der Waals surface area (Å²) in [6, 6.07) is 20.7. The topological polar surface area (TPSA) is 55.4 Å². The molecular formula is C20H18ClNO3S. The summed E-state index contributed by atoms with van der Waals surface area (Å²) in [5.74, 6) is 0.295. The van der Waals surface area contributed by atoms with Crippen molar-refractivity contribution in [2.24, 2.45) is 0 Å². The minimum absolute atomic E-state index is 0.119. The fourth-order valence-electron chi connectivity index (χ4n) is 2.46. The number of halogens is 1. The van der Waals surface area contributed by atoms with Gasteiger partial charge in [-0.3, -0.25) is 0 Å². The molecule has 0 bridgehead atoms. The molecule has 0 saturated carbocycles. The van der Waals surface area contributed by atoms with Gasteiger partial charge in [-0.2, -0.15) is 8.42 Å². The Morgan fingerprint density at radius 1 is 0.962 bits per heavy atom. The first-order valence-corrected chi connectivity index (χ1v) is 9.82. The van der Waals surface area contributed by atoms with Gasteiger partial charge in [-0.15, -0.1) is 0 Å². The Hall–Kier alpha value is -2.50. The Balaban J connectivity index is 1.81. The van der Waals surface area contributed by atoms with Crippen LogP contribution in [0.5, 0.6) is 5.75 Å². The number of benzene rings is 3. The van der Waals surface area contributed by atoms with Gasteiger partial charge in [-0.25, -0.2) is 0 Å². The highest BCUT2D eigenvalue weighted by Crippen LogP contribution is 2.25. The van der Waals surface area contributed by atoms with Gasteiger partial charge in [0.2, 0.25) is 0 Å². The summed E-state index contributed by atoms with van der Waals surface area (Å²) in [4.78, 5) is 0.119. The molecule has 0 amide bonds. The van der Waals surface area contributed by atoms with Gasteiger partial charge in [0.05, 0.1) is 0 Å². The van der Waals surface area contributed by atoms with Gasteiger partial charge in [-0.05, 0) is 42.8 Å². The second kappa shape index (κ2) is 7.81. The fourth-order valence-corrected chi connectivity index (χ4v) is 3.62. The van der Waals surface area contributed by atoms with Crippen LogP contribution in [0.3, 0.4) is 0 Å². The summed E-state index contributed by atoms with van der Waals surface area (Å²) in [5.41, 5.74) is 2.66. The van der Waals surface area contributed by atoms with Crippen molar-refractivity contribution >= 4 is 27.4 Å². The predicted octanol–water partition coefficient (Wildman–Crippen LogP) is 5.03. The van der Waals surface area contributed by atoms with Gasteiger partial charge in [0, 0.05) is 22.8 Å². The van der Waals surface area contributed by atoms with E-state index in [-0.39, 0.29) is 4.90 Å². The Bertz CT molecular complexity index is 1000. The zero-order valence-electron chi connectivity index (χ0n) is 14.1. The maximum absolute atomic E-state index is 12.5. The van der Waals surface area contributed by atoms with E-state index in [1.54, 1.807) is 30.3 Å². The highest BCUT2D eigenvalue weighted by atomic mass is 35.5. The van der Waals surface area contributed by atoms with Crippen molar-refractivity contribution in [1.82, 2.24) is 0 Å². The van der Waals surface area contributed by atoms with Crippen LogP contribution in [0.4, 0.5) is 5.69 Å². The van der Waals surface area contributed by atoms with Gasteiger partial charge in [-0.1, -0.05) is 54.1 Å². The van der Waals surface area contributed by atoms with Crippen LogP contribution in [0.25, 0.3) is 0 Å². The summed E-state index contributed by atoms with van der Waals surface area (Å²) >= 11 is 6.04. The van der Waals surface area contributed by atoms with Gasteiger partial charge in [0.15, 0.2) is 0 Å². The molecule has 0 aromatic heterocycles. The van der Waals surface area contributed by atoms with E-state index in [0.29, 0.717) is 17.3 Å². The fraction of sp³-hybridized carbons (Fsp3) is 0.100. The smallest absolute Gasteiger partial charge is 0.339 e. The second-order valence-electron chi connectivity index (χ2n) is 5.77. The first-order valence-electron chi connectivity index (χ1n) is 8.03. The molecule has 0 unspecified atom stereocenters. The summed E-state index contributed by atoms with van der Waals surface area (Å²) in [7, 11) is -3.88. The molecule has 0 fully saturated rings. The van der Waals surface area contributed by atoms with Crippen molar-refractivity contribution in [3.8, 4) is 5.75 Å². The van der Waals surface area contributed by atoms with Gasteiger partial charge >= 0.3 is 10.1 Å². The standard InChI is InChI=1S/C20H18ClNO3S/c1-15-11-12-17(21)13-19(15)22-14-16-7-5-6-10-20(16)25-26(23,24)18-8-3-2-4-9-18/h2-13,22H,14H2,1H3. The van der Waals surface area contributed by atoms with Crippen LogP contribution >= 0.6 is 11.6 Å². The lowest BCUT2D eigenvalue weighted by Crippen LogP contribution is -2.12. The molecular weight excluding hydrogens is 370 g/mol. The molecule has 6 heteroatoms. The van der Waals surface area contributed by atoms with Crippen LogP contribution in [-0.2, 0) is 16.7 Å². The summed E-state index contributed by atoms with van der Waals surface area (Å²) in [6.07, 6.45) is 0. The average molecular weight is 388 g/mol. The molecule has 0 radical (unpaired) electrons. The summed E-state index contributed by atoms with van der Waals surface area (Å²) in [6.45, 7) is 2.38. The Morgan fingerprint density at radius 2 is 1.65 bits per heavy atom. The Labute approximate surface area is 158 Å². The highest BCUT2D eigenvalue weighted by molar-refractivity contribution is 7.87. The third-order valence-corrected chi connectivity index (χ3v) is 5.36. The molecule has 0 aliphatic rings. The van der Waals surface area contributed by atoms with E-state index in [9.17, 15) is 8.42 Å². The quantitative estimate of drug-likeness (QED) is 0.603. The second-order valence-corrected chi connectivity index (χ2v) is 7.75. The number of aryl methyl sites for hydroxylation is 1. The van der Waals surface area contributed by atoms with Gasteiger partial charge in [0.1, 0.15) is 10.6 Å². The number of rotatable bonds is 6. The van der Waals surface area contributed by atoms with Crippen LogP contribution < -0.4 is 9.50 Å². The van der Waals surface area contributed by atoms with E-state index in [1.165, 1.54) is 12.1 Å². The average Bonchev–Trinajstić information content (AvgIpc) is 2.64. The van der Waals surface area contributed by atoms with Crippen molar-refractivity contribution in [2.45, 2.75) is 18.4 Å². The van der Waals surface area contributed by atoms with Crippen molar-refractivity contribution in [3.63, 3.8) is 0 Å². The number of para-hydroxylation sites is 1. The van der Waals surface area contributed by atoms with Crippen LogP contribution in [-0.4, -0.2) is 8.42 Å². The molecule has 0 aliphatic heterocycles. The largest absolute Gasteiger partial charge is 0.381 e. The molecule has 3 aromatic rings. The molecule has 3 aromatic carbocycles. The summed E-state index contributed by atoms with van der Waals surface area (Å²) in [5, 5.41) is 3.91. The van der Waals surface area contributed by atoms with E-state index in [2.05, 4.69) is 5.32 Å². The zero-order valence-corrected chi connectivity index (χ0v) is 15.7. The van der Waals surface area contributed by atoms with E-state index in [4.69, 9.17) is 15.8 Å². The van der Waals surface area contributed by atoms with E-state index in [1.807, 2.05) is 37.3 Å². The molecule has 0 saturated heterocycles. The predicted molar refractivity (Wildman–Crippen MR) is 104 cm³/mol. The molecule has 0 aliphatic carbocycles. The van der Waals surface area contributed by atoms with Crippen LogP contribution in [0, 0.1) is 6.92 Å². The number of nitrogens with one attached hydrogen (secondary N) is 1. The lowest BCUT2D eigenvalue weighted by atomic mass is 10.1. The van der Waals surface area contributed by atoms with Crippen molar-refractivity contribution in [1.29, 1.82) is 0 Å². The van der Waals surface area contributed by atoms with Gasteiger partial charge < -0.3 is 9.50 Å². The van der Waals surface area contributed by atoms with Crippen molar-refractivity contribution < 1.29 is 12.6 Å². The zero-order chi connectivity index (χ0) is 18.6. The molecule has 1 N–H and O–H groups in total. The number of hydrogen-bond donors (Lipinski definition) is 1. The van der Waals surface area contributed by atoms with Crippen LogP contribution in [0.2, 0.25) is 5.02 Å². The number of anilines is 1. The summed E-state index contributed by atoms with van der Waals surface area (Å²) < 4.78 is 30.3. The monoisotopic (exact) mass is 387 g/mol. The lowest BCUT2D eigenvalue weighted by Gasteiger charge is -2.14. The molecule has 0 spiro atoms. The maximum Gasteiger partial charge on any atom is 0.339 e. The SMILES string of the molecule is Cc1ccc(Cl)cc1NCc1ccccc1OS(=O)(=O)c1ccccc1. The lowest BCUT2D eigenvalue weighted by molar-refractivity contribution is 0.483. The minimum atomic E-state index is -3.88. The first kappa shape index (κ1) is 18.3. The molecule has 134 valence electrons. The minimum Gasteiger partial charge on any atom is -0.381 e. The molecule has 26 heavy (non-hydrogen) atoms. The Morgan fingerprint density at radius 3 is 2.42 bits per heavy atom. The van der Waals surface area contributed by atoms with E-state index < -0.39 is 10.1 Å². The molecule has 3 rings (SSSR count). The first-order chi connectivity index (χ1) is 12.5. The van der Waals surface area contributed by atoms with Crippen molar-refractivity contribution in [2.75, 3.05) is 5.32 Å². The van der Waals surface area contributed by atoms with Gasteiger partial charge in [0.25, 0.3) is 0 Å². The third kappa shape index (κ3) is 4.36. The Kier molecular flexibility index (Phi) is 5.49. The number of hydrogen-bond acceptors (Lipinski definition) is 4.